The number of likely N-dealkylation sites (N-methyl/N-ethyl adjacent to an activating group) is 1. The van der Waals surface area contributed by atoms with E-state index in [1.807, 2.05) is 63.8 Å². The zero-order valence-electron chi connectivity index (χ0n) is 25.0. The van der Waals surface area contributed by atoms with Crippen molar-refractivity contribution in [3.63, 3.8) is 0 Å². The van der Waals surface area contributed by atoms with Crippen LogP contribution >= 0.6 is 0 Å². The topological polar surface area (TPSA) is 108 Å². The number of methoxy groups -OCH3 is 1. The third kappa shape index (κ3) is 9.48. The summed E-state index contributed by atoms with van der Waals surface area (Å²) < 4.78 is 24.9. The van der Waals surface area contributed by atoms with Gasteiger partial charge < -0.3 is 28.7 Å². The van der Waals surface area contributed by atoms with E-state index in [4.69, 9.17) is 18.9 Å². The summed E-state index contributed by atoms with van der Waals surface area (Å²) in [5.74, 6) is 0.763. The van der Waals surface area contributed by atoms with Crippen molar-refractivity contribution < 1.29 is 28.5 Å². The van der Waals surface area contributed by atoms with Crippen LogP contribution in [0.2, 0.25) is 0 Å². The lowest BCUT2D eigenvalue weighted by molar-refractivity contribution is -0.137. The molecule has 0 aliphatic carbocycles. The number of nitrogens with zero attached hydrogens (tertiary/aromatic N) is 5. The summed E-state index contributed by atoms with van der Waals surface area (Å²) in [5, 5.41) is 8.20. The van der Waals surface area contributed by atoms with Gasteiger partial charge in [-0.25, -0.2) is 9.48 Å². The molecular formula is C29H45N5O6. The van der Waals surface area contributed by atoms with Crippen molar-refractivity contribution in [3.8, 4) is 5.75 Å². The summed E-state index contributed by atoms with van der Waals surface area (Å²) in [6.45, 7) is 12.0. The van der Waals surface area contributed by atoms with Gasteiger partial charge in [0.05, 0.1) is 57.5 Å². The number of carbonyl (C=O) groups is 2. The minimum absolute atomic E-state index is 0.0499. The van der Waals surface area contributed by atoms with Gasteiger partial charge in [-0.2, -0.15) is 0 Å². The summed E-state index contributed by atoms with van der Waals surface area (Å²) >= 11 is 0. The van der Waals surface area contributed by atoms with Crippen LogP contribution in [-0.4, -0.2) is 88.4 Å². The highest BCUT2D eigenvalue weighted by molar-refractivity contribution is 5.76. The summed E-state index contributed by atoms with van der Waals surface area (Å²) in [5.41, 5.74) is 1.26. The smallest absolute Gasteiger partial charge is 0.410 e. The van der Waals surface area contributed by atoms with Crippen molar-refractivity contribution in [2.45, 2.75) is 85.0 Å². The Morgan fingerprint density at radius 3 is 2.65 bits per heavy atom. The van der Waals surface area contributed by atoms with Crippen LogP contribution in [0.5, 0.6) is 5.75 Å². The molecule has 1 aromatic heterocycles. The lowest BCUT2D eigenvalue weighted by atomic mass is 10.0. The molecule has 1 aliphatic rings. The Hall–Kier alpha value is -3.18. The first-order valence-electron chi connectivity index (χ1n) is 13.9. The van der Waals surface area contributed by atoms with E-state index in [9.17, 15) is 9.59 Å². The molecule has 40 heavy (non-hydrogen) atoms. The van der Waals surface area contributed by atoms with E-state index in [1.54, 1.807) is 25.0 Å². The van der Waals surface area contributed by atoms with E-state index < -0.39 is 11.7 Å². The second-order valence-electron chi connectivity index (χ2n) is 11.5. The van der Waals surface area contributed by atoms with Gasteiger partial charge in [-0.3, -0.25) is 4.79 Å². The first kappa shape index (κ1) is 31.3. The number of hydrogen-bond acceptors (Lipinski definition) is 8. The van der Waals surface area contributed by atoms with Gasteiger partial charge in [0.25, 0.3) is 0 Å². The number of hydrogen-bond donors (Lipinski definition) is 0. The molecule has 3 unspecified atom stereocenters. The summed E-state index contributed by atoms with van der Waals surface area (Å²) in [6, 6.07) is 7.59. The molecule has 1 aliphatic heterocycles. The van der Waals surface area contributed by atoms with Crippen LogP contribution in [0.3, 0.4) is 0 Å². The van der Waals surface area contributed by atoms with Crippen LogP contribution < -0.4 is 4.74 Å². The van der Waals surface area contributed by atoms with Gasteiger partial charge in [0.2, 0.25) is 5.91 Å². The molecule has 0 bridgehead atoms. The fourth-order valence-electron chi connectivity index (χ4n) is 4.49. The Balaban J connectivity index is 1.72. The summed E-state index contributed by atoms with van der Waals surface area (Å²) in [7, 11) is 3.34. The highest BCUT2D eigenvalue weighted by atomic mass is 16.6. The third-order valence-electron chi connectivity index (χ3n) is 6.82. The number of amides is 2. The maximum absolute atomic E-state index is 13.5. The van der Waals surface area contributed by atoms with Gasteiger partial charge in [0.15, 0.2) is 0 Å². The van der Waals surface area contributed by atoms with E-state index in [2.05, 4.69) is 10.3 Å². The Morgan fingerprint density at radius 1 is 1.25 bits per heavy atom. The number of benzene rings is 1. The van der Waals surface area contributed by atoms with Crippen LogP contribution in [-0.2, 0) is 38.8 Å². The molecule has 3 rings (SSSR count). The van der Waals surface area contributed by atoms with Crippen molar-refractivity contribution in [1.82, 2.24) is 24.8 Å². The molecule has 222 valence electrons. The Bertz CT molecular complexity index is 1080. The monoisotopic (exact) mass is 559 g/mol. The average molecular weight is 560 g/mol. The third-order valence-corrected chi connectivity index (χ3v) is 6.82. The van der Waals surface area contributed by atoms with Gasteiger partial charge >= 0.3 is 6.09 Å². The predicted octanol–water partition coefficient (Wildman–Crippen LogP) is 3.90. The molecule has 0 fully saturated rings. The number of carbonyl (C=O) groups excluding carboxylic acids is 2. The maximum atomic E-state index is 13.5. The number of aryl methyl sites for hydroxylation is 1. The van der Waals surface area contributed by atoms with Crippen molar-refractivity contribution in [2.24, 2.45) is 5.92 Å². The van der Waals surface area contributed by atoms with Gasteiger partial charge in [0, 0.05) is 32.5 Å². The first-order chi connectivity index (χ1) is 19.0. The minimum atomic E-state index is -0.604. The molecule has 2 aromatic rings. The van der Waals surface area contributed by atoms with E-state index >= 15 is 0 Å². The molecule has 0 N–H and O–H groups in total. The normalized spacial score (nSPS) is 19.7. The molecule has 2 heterocycles. The summed E-state index contributed by atoms with van der Waals surface area (Å²) in [6.07, 6.45) is 1.93. The molecule has 0 spiro atoms. The fourth-order valence-corrected chi connectivity index (χ4v) is 4.49. The number of aromatic nitrogens is 3. The molecule has 3 atom stereocenters. The van der Waals surface area contributed by atoms with E-state index in [-0.39, 0.29) is 24.0 Å². The van der Waals surface area contributed by atoms with Crippen molar-refractivity contribution in [3.05, 3.63) is 41.7 Å². The van der Waals surface area contributed by atoms with Gasteiger partial charge in [-0.1, -0.05) is 24.3 Å². The summed E-state index contributed by atoms with van der Waals surface area (Å²) in [4.78, 5) is 29.6. The molecule has 11 heteroatoms. The van der Waals surface area contributed by atoms with Crippen molar-refractivity contribution >= 4 is 12.0 Å². The number of fused-ring (bicyclic) bond motifs is 1. The van der Waals surface area contributed by atoms with Crippen LogP contribution in [0.4, 0.5) is 4.79 Å². The Labute approximate surface area is 237 Å². The van der Waals surface area contributed by atoms with Crippen LogP contribution in [0.25, 0.3) is 0 Å². The SMILES string of the molecule is COc1ccc(COCC(C)N2CC(C)C(CN(C)C(=O)OC(C)(C)C)OCc3cnnn3CCCC2=O)cc1. The average Bonchev–Trinajstić information content (AvgIpc) is 3.35. The second-order valence-corrected chi connectivity index (χ2v) is 11.5. The quantitative estimate of drug-likeness (QED) is 0.479. The van der Waals surface area contributed by atoms with Crippen molar-refractivity contribution in [1.29, 1.82) is 0 Å². The second kappa shape index (κ2) is 14.5. The van der Waals surface area contributed by atoms with Gasteiger partial charge in [0.1, 0.15) is 11.4 Å². The predicted molar refractivity (Wildman–Crippen MR) is 150 cm³/mol. The molecule has 2 amide bonds. The van der Waals surface area contributed by atoms with Crippen LogP contribution in [0.15, 0.2) is 30.5 Å². The molecule has 1 aromatic carbocycles. The van der Waals surface area contributed by atoms with E-state index in [0.717, 1.165) is 17.0 Å². The molecule has 11 nitrogen and oxygen atoms in total. The first-order valence-corrected chi connectivity index (χ1v) is 13.9. The highest BCUT2D eigenvalue weighted by Gasteiger charge is 2.30. The van der Waals surface area contributed by atoms with Crippen molar-refractivity contribution in [2.75, 3.05) is 33.9 Å². The molecule has 0 radical (unpaired) electrons. The standard InChI is InChI=1S/C29H45N5O6/c1-21-16-33(22(2)18-38-19-23-10-12-25(37-7)13-11-23)27(35)9-8-14-34-24(15-30-31-34)20-39-26(21)17-32(6)28(36)40-29(3,4)5/h10-13,15,21-22,26H,8-9,14,16-20H2,1-7H3. The maximum Gasteiger partial charge on any atom is 0.410 e. The highest BCUT2D eigenvalue weighted by Crippen LogP contribution is 2.20. The van der Waals surface area contributed by atoms with Gasteiger partial charge in [-0.05, 0) is 51.8 Å². The van der Waals surface area contributed by atoms with Crippen LogP contribution in [0, 0.1) is 5.92 Å². The van der Waals surface area contributed by atoms with E-state index in [1.165, 1.54) is 4.90 Å². The molecule has 0 saturated carbocycles. The van der Waals surface area contributed by atoms with Gasteiger partial charge in [-0.15, -0.1) is 5.10 Å². The fraction of sp³-hybridized carbons (Fsp3) is 0.655. The number of rotatable bonds is 8. The molecule has 0 saturated heterocycles. The Morgan fingerprint density at radius 2 is 1.98 bits per heavy atom. The van der Waals surface area contributed by atoms with Crippen LogP contribution in [0.1, 0.15) is 58.7 Å². The van der Waals surface area contributed by atoms with E-state index in [0.29, 0.717) is 52.3 Å². The zero-order chi connectivity index (χ0) is 29.3. The molecular weight excluding hydrogens is 514 g/mol. The lowest BCUT2D eigenvalue weighted by Gasteiger charge is -2.36. The minimum Gasteiger partial charge on any atom is -0.497 e. The number of ether oxygens (including phenoxy) is 4. The Kier molecular flexibility index (Phi) is 11.3. The largest absolute Gasteiger partial charge is 0.497 e. The lowest BCUT2D eigenvalue weighted by Crippen LogP contribution is -2.48. The zero-order valence-corrected chi connectivity index (χ0v) is 25.0.